The van der Waals surface area contributed by atoms with Crippen molar-refractivity contribution in [3.05, 3.63) is 35.9 Å². The Kier molecular flexibility index (Phi) is 7.28. The van der Waals surface area contributed by atoms with E-state index in [1.54, 1.807) is 17.8 Å². The second kappa shape index (κ2) is 9.09. The van der Waals surface area contributed by atoms with Crippen LogP contribution in [0.4, 0.5) is 22.7 Å². The number of amides is 1. The van der Waals surface area contributed by atoms with Gasteiger partial charge in [-0.25, -0.2) is 0 Å². The number of rotatable bonds is 5. The van der Waals surface area contributed by atoms with Gasteiger partial charge in [0.25, 0.3) is 5.91 Å². The number of benzene rings is 2. The molecule has 9 heteroatoms. The average Bonchev–Trinajstić information content (AvgIpc) is 2.62. The van der Waals surface area contributed by atoms with E-state index >= 15 is 0 Å². The molecule has 2 N–H and O–H groups in total. The molecular weight excluding hydrogens is 387 g/mol. The van der Waals surface area contributed by atoms with Gasteiger partial charge < -0.3 is 30.3 Å². The molecule has 142 valence electrons. The van der Waals surface area contributed by atoms with Crippen molar-refractivity contribution < 1.29 is 44.3 Å². The van der Waals surface area contributed by atoms with Gasteiger partial charge in [-0.3, -0.25) is 4.79 Å². The third-order valence-corrected chi connectivity index (χ3v) is 5.30. The molecule has 2 aromatic carbocycles. The summed E-state index contributed by atoms with van der Waals surface area (Å²) < 4.78 is 0. The van der Waals surface area contributed by atoms with Gasteiger partial charge in [0.2, 0.25) is 0 Å². The predicted octanol–water partition coefficient (Wildman–Crippen LogP) is -1.49. The van der Waals surface area contributed by atoms with Gasteiger partial charge in [-0.1, -0.05) is 11.8 Å². The first-order valence-corrected chi connectivity index (χ1v) is 9.17. The number of hydrogen-bond donors (Lipinski definition) is 2. The number of carboxylic acid groups (broad SMARTS) is 1. The van der Waals surface area contributed by atoms with Crippen molar-refractivity contribution in [1.82, 2.24) is 5.32 Å². The number of aliphatic carboxylic acids is 1. The fourth-order valence-electron chi connectivity index (χ4n) is 2.73. The van der Waals surface area contributed by atoms with Crippen molar-refractivity contribution in [2.75, 3.05) is 49.9 Å². The molecule has 0 spiro atoms. The first kappa shape index (κ1) is 22.4. The first-order chi connectivity index (χ1) is 12.8. The predicted molar refractivity (Wildman–Crippen MR) is 106 cm³/mol. The maximum atomic E-state index is 12.6. The summed E-state index contributed by atoms with van der Waals surface area (Å²) in [6.07, 6.45) is 0. The molecule has 1 aliphatic rings. The molecular formula is C19H21N4NaO3S. The zero-order chi connectivity index (χ0) is 19.7. The topological polar surface area (TPSA) is 87.7 Å². The van der Waals surface area contributed by atoms with Gasteiger partial charge in [0.15, 0.2) is 0 Å². The van der Waals surface area contributed by atoms with Gasteiger partial charge >= 0.3 is 29.6 Å². The van der Waals surface area contributed by atoms with Crippen LogP contribution in [0, 0.1) is 0 Å². The molecule has 1 amide bonds. The minimum atomic E-state index is -1.33. The van der Waals surface area contributed by atoms with Crippen LogP contribution in [0.3, 0.4) is 0 Å². The molecule has 7 nitrogen and oxygen atoms in total. The summed E-state index contributed by atoms with van der Waals surface area (Å²) in [7, 11) is 7.76. The molecule has 1 aliphatic heterocycles. The standard InChI is InChI=1S/C19H22N4O3S.Na/c1-22(2)11-5-6-14-15(8-11)27-16-9-12(23(3)4)7-13(18(16)21-14)19(26)20-10-17(24)25;/h5-9,21H,10H2,1-4H3,(H,20,26)(H,24,25);/q;+1/p-1. The molecule has 0 bridgehead atoms. The van der Waals surface area contributed by atoms with E-state index in [-0.39, 0.29) is 29.6 Å². The Hall–Kier alpha value is -1.87. The van der Waals surface area contributed by atoms with Crippen LogP contribution < -0.4 is 55.1 Å². The van der Waals surface area contributed by atoms with E-state index in [1.165, 1.54) is 0 Å². The number of carboxylic acids is 1. The van der Waals surface area contributed by atoms with E-state index in [0.29, 0.717) is 11.3 Å². The maximum absolute atomic E-state index is 12.6. The van der Waals surface area contributed by atoms with Crippen LogP contribution >= 0.6 is 11.8 Å². The SMILES string of the molecule is CN(C)c1ccc2c(c1)Sc1cc(N(C)C)cc(C(=O)NCC(=O)[O-])c1N2.[Na+]. The summed E-state index contributed by atoms with van der Waals surface area (Å²) in [6, 6.07) is 9.82. The molecule has 3 rings (SSSR count). The Balaban J connectivity index is 0.00000280. The monoisotopic (exact) mass is 408 g/mol. The van der Waals surface area contributed by atoms with Crippen molar-refractivity contribution in [3.8, 4) is 0 Å². The summed E-state index contributed by atoms with van der Waals surface area (Å²) in [5.41, 5.74) is 3.92. The van der Waals surface area contributed by atoms with E-state index in [1.807, 2.05) is 56.2 Å². The fourth-order valence-corrected chi connectivity index (χ4v) is 3.81. The van der Waals surface area contributed by atoms with Crippen LogP contribution in [-0.4, -0.2) is 46.6 Å². The number of anilines is 4. The number of fused-ring (bicyclic) bond motifs is 2. The molecule has 0 fully saturated rings. The zero-order valence-electron chi connectivity index (χ0n) is 16.6. The fraction of sp³-hybridized carbons (Fsp3) is 0.263. The van der Waals surface area contributed by atoms with Crippen LogP contribution in [0.15, 0.2) is 40.1 Å². The van der Waals surface area contributed by atoms with Crippen LogP contribution in [0.5, 0.6) is 0 Å². The van der Waals surface area contributed by atoms with Crippen molar-refractivity contribution in [2.45, 2.75) is 9.79 Å². The second-order valence-electron chi connectivity index (χ2n) is 6.62. The van der Waals surface area contributed by atoms with Crippen LogP contribution in [0.25, 0.3) is 0 Å². The number of carbonyl (C=O) groups excluding carboxylic acids is 2. The summed E-state index contributed by atoms with van der Waals surface area (Å²) >= 11 is 1.58. The van der Waals surface area contributed by atoms with Gasteiger partial charge in [-0.15, -0.1) is 0 Å². The Labute approximate surface area is 190 Å². The van der Waals surface area contributed by atoms with E-state index in [0.717, 1.165) is 26.9 Å². The van der Waals surface area contributed by atoms with Gasteiger partial charge in [0.05, 0.1) is 29.5 Å². The minimum absolute atomic E-state index is 0. The third kappa shape index (κ3) is 4.75. The van der Waals surface area contributed by atoms with Crippen LogP contribution in [0.2, 0.25) is 0 Å². The largest absolute Gasteiger partial charge is 1.00 e. The maximum Gasteiger partial charge on any atom is 1.00 e. The summed E-state index contributed by atoms with van der Waals surface area (Å²) in [6.45, 7) is -0.532. The summed E-state index contributed by atoms with van der Waals surface area (Å²) in [5, 5.41) is 16.4. The van der Waals surface area contributed by atoms with Gasteiger partial charge in [0, 0.05) is 49.4 Å². The number of nitrogens with one attached hydrogen (secondary N) is 2. The van der Waals surface area contributed by atoms with Gasteiger partial charge in [0.1, 0.15) is 0 Å². The molecule has 0 saturated heterocycles. The average molecular weight is 408 g/mol. The molecule has 2 aromatic rings. The molecule has 0 radical (unpaired) electrons. The normalized spacial score (nSPS) is 11.3. The molecule has 0 saturated carbocycles. The molecule has 28 heavy (non-hydrogen) atoms. The molecule has 1 heterocycles. The Morgan fingerprint density at radius 3 is 2.29 bits per heavy atom. The first-order valence-electron chi connectivity index (χ1n) is 8.36. The van der Waals surface area contributed by atoms with Crippen molar-refractivity contribution >= 4 is 46.4 Å². The van der Waals surface area contributed by atoms with E-state index in [2.05, 4.69) is 16.7 Å². The molecule has 0 aliphatic carbocycles. The third-order valence-electron chi connectivity index (χ3n) is 4.20. The van der Waals surface area contributed by atoms with E-state index in [4.69, 9.17) is 0 Å². The Bertz CT molecular complexity index is 918. The van der Waals surface area contributed by atoms with Crippen LogP contribution in [0.1, 0.15) is 10.4 Å². The molecule has 0 aromatic heterocycles. The van der Waals surface area contributed by atoms with Crippen molar-refractivity contribution in [3.63, 3.8) is 0 Å². The Morgan fingerprint density at radius 1 is 1.04 bits per heavy atom. The van der Waals surface area contributed by atoms with E-state index < -0.39 is 18.4 Å². The minimum Gasteiger partial charge on any atom is -0.548 e. The molecule has 0 unspecified atom stereocenters. The smallest absolute Gasteiger partial charge is 0.548 e. The second-order valence-corrected chi connectivity index (χ2v) is 7.70. The summed E-state index contributed by atoms with van der Waals surface area (Å²) in [5.74, 6) is -1.79. The summed E-state index contributed by atoms with van der Waals surface area (Å²) in [4.78, 5) is 29.2. The van der Waals surface area contributed by atoms with E-state index in [9.17, 15) is 14.7 Å². The van der Waals surface area contributed by atoms with Gasteiger partial charge in [-0.05, 0) is 30.3 Å². The quantitative estimate of drug-likeness (QED) is 0.498. The molecule has 0 atom stereocenters. The van der Waals surface area contributed by atoms with Gasteiger partial charge in [-0.2, -0.15) is 0 Å². The van der Waals surface area contributed by atoms with Crippen molar-refractivity contribution in [2.24, 2.45) is 0 Å². The van der Waals surface area contributed by atoms with Crippen LogP contribution in [-0.2, 0) is 4.79 Å². The number of carbonyl (C=O) groups is 2. The van der Waals surface area contributed by atoms with Crippen molar-refractivity contribution in [1.29, 1.82) is 0 Å². The zero-order valence-corrected chi connectivity index (χ0v) is 19.4. The Morgan fingerprint density at radius 2 is 1.68 bits per heavy atom. The number of hydrogen-bond acceptors (Lipinski definition) is 7. The number of nitrogens with zero attached hydrogens (tertiary/aromatic N) is 2.